The summed E-state index contributed by atoms with van der Waals surface area (Å²) in [6, 6.07) is 2.45. The van der Waals surface area contributed by atoms with E-state index in [0.717, 1.165) is 24.5 Å². The molecule has 102 valence electrons. The van der Waals surface area contributed by atoms with Gasteiger partial charge in [0.2, 0.25) is 0 Å². The highest BCUT2D eigenvalue weighted by Gasteiger charge is 2.05. The van der Waals surface area contributed by atoms with Crippen LogP contribution >= 0.6 is 0 Å². The van der Waals surface area contributed by atoms with Crippen molar-refractivity contribution in [2.45, 2.75) is 39.2 Å². The van der Waals surface area contributed by atoms with E-state index in [1.807, 2.05) is 24.8 Å². The van der Waals surface area contributed by atoms with Crippen LogP contribution in [0.15, 0.2) is 31.1 Å². The van der Waals surface area contributed by atoms with E-state index in [0.29, 0.717) is 12.0 Å². The van der Waals surface area contributed by atoms with Gasteiger partial charge in [-0.3, -0.25) is 0 Å². The van der Waals surface area contributed by atoms with Crippen LogP contribution in [0.3, 0.4) is 0 Å². The third-order valence-corrected chi connectivity index (χ3v) is 3.18. The second-order valence-electron chi connectivity index (χ2n) is 5.06. The highest BCUT2D eigenvalue weighted by Crippen LogP contribution is 2.14. The fourth-order valence-electron chi connectivity index (χ4n) is 1.87. The lowest BCUT2D eigenvalue weighted by Crippen LogP contribution is -2.11. The van der Waals surface area contributed by atoms with Crippen molar-refractivity contribution in [3.63, 3.8) is 0 Å². The van der Waals surface area contributed by atoms with Gasteiger partial charge in [0.25, 0.3) is 0 Å². The lowest BCUT2D eigenvalue weighted by atomic mass is 10.1. The van der Waals surface area contributed by atoms with Crippen molar-refractivity contribution in [2.75, 3.05) is 11.9 Å². The molecule has 5 heteroatoms. The van der Waals surface area contributed by atoms with E-state index in [-0.39, 0.29) is 0 Å². The number of hydrogen-bond acceptors (Lipinski definition) is 4. The van der Waals surface area contributed by atoms with Gasteiger partial charge in [-0.2, -0.15) is 0 Å². The summed E-state index contributed by atoms with van der Waals surface area (Å²) in [5, 5.41) is 3.35. The minimum atomic E-state index is 0.424. The molecule has 5 nitrogen and oxygen atoms in total. The van der Waals surface area contributed by atoms with Gasteiger partial charge in [0.05, 0.1) is 6.33 Å². The number of anilines is 1. The fourth-order valence-corrected chi connectivity index (χ4v) is 1.87. The van der Waals surface area contributed by atoms with Gasteiger partial charge in [0, 0.05) is 36.7 Å². The van der Waals surface area contributed by atoms with Crippen LogP contribution in [-0.2, 0) is 0 Å². The molecule has 2 rings (SSSR count). The Morgan fingerprint density at radius 2 is 2.11 bits per heavy atom. The minimum Gasteiger partial charge on any atom is -0.370 e. The average molecular weight is 259 g/mol. The average Bonchev–Trinajstić information content (AvgIpc) is 2.93. The predicted octanol–water partition coefficient (Wildman–Crippen LogP) is 2.86. The highest BCUT2D eigenvalue weighted by atomic mass is 15.1. The zero-order valence-corrected chi connectivity index (χ0v) is 11.7. The van der Waals surface area contributed by atoms with E-state index in [4.69, 9.17) is 0 Å². The first kappa shape index (κ1) is 13.5. The van der Waals surface area contributed by atoms with Crippen molar-refractivity contribution >= 4 is 5.82 Å². The zero-order chi connectivity index (χ0) is 13.7. The van der Waals surface area contributed by atoms with Crippen LogP contribution in [0.1, 0.15) is 44.8 Å². The SMILES string of the molecule is CC(C)c1cc(NCC[C@@H](C)n2ccnc2)ncn1. The molecule has 2 aromatic rings. The Kier molecular flexibility index (Phi) is 4.49. The molecule has 0 radical (unpaired) electrons. The topological polar surface area (TPSA) is 55.6 Å². The van der Waals surface area contributed by atoms with Gasteiger partial charge in [-0.05, 0) is 19.3 Å². The van der Waals surface area contributed by atoms with Crippen molar-refractivity contribution in [3.05, 3.63) is 36.8 Å². The van der Waals surface area contributed by atoms with E-state index < -0.39 is 0 Å². The van der Waals surface area contributed by atoms with E-state index in [1.54, 1.807) is 6.33 Å². The maximum absolute atomic E-state index is 4.26. The van der Waals surface area contributed by atoms with Crippen LogP contribution in [0.4, 0.5) is 5.82 Å². The van der Waals surface area contributed by atoms with Gasteiger partial charge in [-0.15, -0.1) is 0 Å². The molecule has 0 aromatic carbocycles. The zero-order valence-electron chi connectivity index (χ0n) is 11.7. The lowest BCUT2D eigenvalue weighted by Gasteiger charge is -2.14. The summed E-state index contributed by atoms with van der Waals surface area (Å²) in [5.74, 6) is 1.32. The molecule has 0 aliphatic heterocycles. The summed E-state index contributed by atoms with van der Waals surface area (Å²) in [6.45, 7) is 7.33. The van der Waals surface area contributed by atoms with Gasteiger partial charge in [-0.1, -0.05) is 13.8 Å². The van der Waals surface area contributed by atoms with Crippen molar-refractivity contribution in [3.8, 4) is 0 Å². The van der Waals surface area contributed by atoms with Gasteiger partial charge < -0.3 is 9.88 Å². The van der Waals surface area contributed by atoms with Crippen molar-refractivity contribution in [1.29, 1.82) is 0 Å². The monoisotopic (exact) mass is 259 g/mol. The second-order valence-corrected chi connectivity index (χ2v) is 5.06. The number of rotatable bonds is 6. The van der Waals surface area contributed by atoms with Crippen molar-refractivity contribution in [1.82, 2.24) is 19.5 Å². The first-order chi connectivity index (χ1) is 9.16. The van der Waals surface area contributed by atoms with Gasteiger partial charge in [-0.25, -0.2) is 15.0 Å². The van der Waals surface area contributed by atoms with E-state index in [2.05, 4.69) is 45.6 Å². The summed E-state index contributed by atoms with van der Waals surface area (Å²) in [5.41, 5.74) is 1.07. The van der Waals surface area contributed by atoms with Gasteiger partial charge >= 0.3 is 0 Å². The summed E-state index contributed by atoms with van der Waals surface area (Å²) in [6.07, 6.45) is 8.30. The number of nitrogens with one attached hydrogen (secondary N) is 1. The minimum absolute atomic E-state index is 0.424. The van der Waals surface area contributed by atoms with E-state index in [1.165, 1.54) is 0 Å². The molecule has 0 bridgehead atoms. The highest BCUT2D eigenvalue weighted by molar-refractivity contribution is 5.35. The second kappa shape index (κ2) is 6.31. The quantitative estimate of drug-likeness (QED) is 0.866. The number of hydrogen-bond donors (Lipinski definition) is 1. The molecule has 0 aliphatic carbocycles. The van der Waals surface area contributed by atoms with Crippen LogP contribution in [0, 0.1) is 0 Å². The molecule has 0 saturated heterocycles. The third-order valence-electron chi connectivity index (χ3n) is 3.18. The maximum Gasteiger partial charge on any atom is 0.129 e. The summed E-state index contributed by atoms with van der Waals surface area (Å²) >= 11 is 0. The molecule has 2 heterocycles. The smallest absolute Gasteiger partial charge is 0.129 e. The van der Waals surface area contributed by atoms with Crippen LogP contribution < -0.4 is 5.32 Å². The number of aromatic nitrogens is 4. The molecule has 1 N–H and O–H groups in total. The Balaban J connectivity index is 1.84. The number of nitrogens with zero attached hydrogens (tertiary/aromatic N) is 4. The molecular weight excluding hydrogens is 238 g/mol. The van der Waals surface area contributed by atoms with Crippen molar-refractivity contribution < 1.29 is 0 Å². The molecule has 19 heavy (non-hydrogen) atoms. The lowest BCUT2D eigenvalue weighted by molar-refractivity contribution is 0.519. The normalized spacial score (nSPS) is 12.6. The first-order valence-electron chi connectivity index (χ1n) is 6.70. The number of imidazole rings is 1. The fraction of sp³-hybridized carbons (Fsp3) is 0.500. The molecule has 0 aliphatic rings. The largest absolute Gasteiger partial charge is 0.370 e. The summed E-state index contributed by atoms with van der Waals surface area (Å²) in [7, 11) is 0. The van der Waals surface area contributed by atoms with E-state index >= 15 is 0 Å². The molecular formula is C14H21N5. The van der Waals surface area contributed by atoms with Crippen LogP contribution in [0.5, 0.6) is 0 Å². The molecule has 0 saturated carbocycles. The summed E-state index contributed by atoms with van der Waals surface area (Å²) < 4.78 is 2.11. The van der Waals surface area contributed by atoms with Crippen LogP contribution in [0.2, 0.25) is 0 Å². The molecule has 1 atom stereocenters. The maximum atomic E-state index is 4.26. The Hall–Kier alpha value is -1.91. The van der Waals surface area contributed by atoms with Crippen molar-refractivity contribution in [2.24, 2.45) is 0 Å². The third kappa shape index (κ3) is 3.77. The van der Waals surface area contributed by atoms with Crippen LogP contribution in [0.25, 0.3) is 0 Å². The molecule has 0 amide bonds. The Morgan fingerprint density at radius 3 is 2.79 bits per heavy atom. The Bertz CT molecular complexity index is 492. The molecule has 0 spiro atoms. The Labute approximate surface area is 114 Å². The Morgan fingerprint density at radius 1 is 1.26 bits per heavy atom. The van der Waals surface area contributed by atoms with E-state index in [9.17, 15) is 0 Å². The van der Waals surface area contributed by atoms with Crippen LogP contribution in [-0.4, -0.2) is 26.1 Å². The van der Waals surface area contributed by atoms with Gasteiger partial charge in [0.15, 0.2) is 0 Å². The first-order valence-corrected chi connectivity index (χ1v) is 6.70. The summed E-state index contributed by atoms with van der Waals surface area (Å²) in [4.78, 5) is 12.6. The predicted molar refractivity (Wildman–Crippen MR) is 76.2 cm³/mol. The molecule has 0 fully saturated rings. The molecule has 0 unspecified atom stereocenters. The standard InChI is InChI=1S/C14H21N5/c1-11(2)13-8-14(18-9-17-13)16-5-4-12(3)19-7-6-15-10-19/h6-12H,4-5H2,1-3H3,(H,16,17,18)/t12-/m1/s1. The van der Waals surface area contributed by atoms with Gasteiger partial charge in [0.1, 0.15) is 12.1 Å². The molecule has 2 aromatic heterocycles.